The predicted octanol–water partition coefficient (Wildman–Crippen LogP) is 2.92. The summed E-state index contributed by atoms with van der Waals surface area (Å²) in [5.74, 6) is 0.215. The fourth-order valence-electron chi connectivity index (χ4n) is 3.59. The molecule has 0 atom stereocenters. The lowest BCUT2D eigenvalue weighted by atomic mass is 9.88. The Bertz CT molecular complexity index is 694. The molecule has 0 unspecified atom stereocenters. The minimum atomic E-state index is -3.25. The zero-order valence-electron chi connectivity index (χ0n) is 13.5. The first-order valence-electron chi connectivity index (χ1n) is 8.36. The molecular formula is C17H24N2O3S. The van der Waals surface area contributed by atoms with Gasteiger partial charge in [0.05, 0.1) is 11.9 Å². The summed E-state index contributed by atoms with van der Waals surface area (Å²) < 4.78 is 25.2. The maximum absolute atomic E-state index is 12.3. The molecule has 0 radical (unpaired) electrons. The van der Waals surface area contributed by atoms with Crippen molar-refractivity contribution in [1.29, 1.82) is 0 Å². The molecule has 5 nitrogen and oxygen atoms in total. The number of carbonyl (C=O) groups excluding carboxylic acids is 1. The standard InChI is InChI=1S/C17H24N2O3S/c1-23(21,22)19-11-5-8-14-12-15(9-10-16(14)19)18-17(20)13-6-3-2-4-7-13/h9-10,12-13H,2-8,11H2,1H3,(H,18,20). The minimum absolute atomic E-state index is 0.0976. The number of aryl methyl sites for hydroxylation is 1. The van der Waals surface area contributed by atoms with Crippen molar-refractivity contribution < 1.29 is 13.2 Å². The Hall–Kier alpha value is -1.56. The molecule has 1 aliphatic carbocycles. The SMILES string of the molecule is CS(=O)(=O)N1CCCc2cc(NC(=O)C3CCCCC3)ccc21. The number of amides is 1. The molecule has 126 valence electrons. The van der Waals surface area contributed by atoms with Gasteiger partial charge in [-0.1, -0.05) is 19.3 Å². The lowest BCUT2D eigenvalue weighted by molar-refractivity contribution is -0.120. The Morgan fingerprint density at radius 2 is 1.91 bits per heavy atom. The topological polar surface area (TPSA) is 66.5 Å². The van der Waals surface area contributed by atoms with E-state index in [0.717, 1.165) is 55.5 Å². The number of fused-ring (bicyclic) bond motifs is 1. The van der Waals surface area contributed by atoms with Gasteiger partial charge in [-0.05, 0) is 49.4 Å². The zero-order valence-corrected chi connectivity index (χ0v) is 14.4. The Kier molecular flexibility index (Phi) is 4.62. The van der Waals surface area contributed by atoms with Crippen molar-refractivity contribution in [1.82, 2.24) is 0 Å². The Balaban J connectivity index is 1.77. The highest BCUT2D eigenvalue weighted by Gasteiger charge is 2.25. The van der Waals surface area contributed by atoms with Crippen molar-refractivity contribution in [3.63, 3.8) is 0 Å². The average Bonchev–Trinajstić information content (AvgIpc) is 2.54. The second-order valence-corrected chi connectivity index (χ2v) is 8.51. The van der Waals surface area contributed by atoms with Crippen LogP contribution in [0.3, 0.4) is 0 Å². The van der Waals surface area contributed by atoms with Crippen LogP contribution in [0.5, 0.6) is 0 Å². The van der Waals surface area contributed by atoms with Crippen molar-refractivity contribution in [2.45, 2.75) is 44.9 Å². The van der Waals surface area contributed by atoms with Crippen LogP contribution in [0.15, 0.2) is 18.2 Å². The van der Waals surface area contributed by atoms with Crippen molar-refractivity contribution in [2.75, 3.05) is 22.4 Å². The molecule has 0 spiro atoms. The van der Waals surface area contributed by atoms with Crippen LogP contribution in [-0.2, 0) is 21.2 Å². The summed E-state index contributed by atoms with van der Waals surface area (Å²) in [4.78, 5) is 12.3. The molecule has 1 fully saturated rings. The lowest BCUT2D eigenvalue weighted by Gasteiger charge is -2.29. The molecule has 1 heterocycles. The Labute approximate surface area is 138 Å². The molecule has 6 heteroatoms. The smallest absolute Gasteiger partial charge is 0.232 e. The molecular weight excluding hydrogens is 312 g/mol. The number of nitrogens with zero attached hydrogens (tertiary/aromatic N) is 1. The molecule has 2 aliphatic rings. The van der Waals surface area contributed by atoms with E-state index < -0.39 is 10.0 Å². The second kappa shape index (κ2) is 6.51. The van der Waals surface area contributed by atoms with Crippen LogP contribution >= 0.6 is 0 Å². The van der Waals surface area contributed by atoms with Crippen LogP contribution in [-0.4, -0.2) is 27.1 Å². The van der Waals surface area contributed by atoms with E-state index in [9.17, 15) is 13.2 Å². The monoisotopic (exact) mass is 336 g/mol. The number of nitrogens with one attached hydrogen (secondary N) is 1. The lowest BCUT2D eigenvalue weighted by Crippen LogP contribution is -2.34. The predicted molar refractivity (Wildman–Crippen MR) is 92.2 cm³/mol. The van der Waals surface area contributed by atoms with E-state index in [1.807, 2.05) is 18.2 Å². The largest absolute Gasteiger partial charge is 0.326 e. The summed E-state index contributed by atoms with van der Waals surface area (Å²) in [6.45, 7) is 0.527. The molecule has 1 amide bonds. The van der Waals surface area contributed by atoms with Crippen molar-refractivity contribution in [3.8, 4) is 0 Å². The highest BCUT2D eigenvalue weighted by molar-refractivity contribution is 7.92. The molecule has 1 aromatic rings. The summed E-state index contributed by atoms with van der Waals surface area (Å²) in [6, 6.07) is 5.54. The van der Waals surface area contributed by atoms with Crippen LogP contribution in [0, 0.1) is 5.92 Å². The van der Waals surface area contributed by atoms with Gasteiger partial charge in [0.25, 0.3) is 0 Å². The molecule has 1 aliphatic heterocycles. The molecule has 1 N–H and O–H groups in total. The van der Waals surface area contributed by atoms with Crippen molar-refractivity contribution >= 4 is 27.3 Å². The summed E-state index contributed by atoms with van der Waals surface area (Å²) in [7, 11) is -3.25. The van der Waals surface area contributed by atoms with E-state index >= 15 is 0 Å². The van der Waals surface area contributed by atoms with Gasteiger partial charge in [-0.25, -0.2) is 8.42 Å². The maximum atomic E-state index is 12.3. The normalized spacial score (nSPS) is 19.3. The molecule has 23 heavy (non-hydrogen) atoms. The molecule has 0 saturated heterocycles. The summed E-state index contributed by atoms with van der Waals surface area (Å²) in [5.41, 5.74) is 2.51. The number of hydrogen-bond donors (Lipinski definition) is 1. The summed E-state index contributed by atoms with van der Waals surface area (Å²) in [6.07, 6.45) is 8.31. The third-order valence-electron chi connectivity index (χ3n) is 4.80. The minimum Gasteiger partial charge on any atom is -0.326 e. The van der Waals surface area contributed by atoms with Crippen LogP contribution in [0.4, 0.5) is 11.4 Å². The highest BCUT2D eigenvalue weighted by Crippen LogP contribution is 2.32. The molecule has 3 rings (SSSR count). The summed E-state index contributed by atoms with van der Waals surface area (Å²) >= 11 is 0. The van der Waals surface area contributed by atoms with Gasteiger partial charge in [0, 0.05) is 18.2 Å². The number of sulfonamides is 1. The Morgan fingerprint density at radius 3 is 2.61 bits per heavy atom. The van der Waals surface area contributed by atoms with Gasteiger partial charge < -0.3 is 5.32 Å². The maximum Gasteiger partial charge on any atom is 0.232 e. The van der Waals surface area contributed by atoms with E-state index in [1.165, 1.54) is 17.0 Å². The number of hydrogen-bond acceptors (Lipinski definition) is 3. The second-order valence-electron chi connectivity index (χ2n) is 6.61. The average molecular weight is 336 g/mol. The van der Waals surface area contributed by atoms with E-state index in [0.29, 0.717) is 6.54 Å². The Morgan fingerprint density at radius 1 is 1.17 bits per heavy atom. The third-order valence-corrected chi connectivity index (χ3v) is 5.98. The molecule has 0 aromatic heterocycles. The van der Waals surface area contributed by atoms with E-state index in [2.05, 4.69) is 5.32 Å². The van der Waals surface area contributed by atoms with Gasteiger partial charge in [0.15, 0.2) is 0 Å². The molecule has 1 aromatic carbocycles. The first kappa shape index (κ1) is 16.3. The van der Waals surface area contributed by atoms with Gasteiger partial charge >= 0.3 is 0 Å². The van der Waals surface area contributed by atoms with Crippen LogP contribution in [0.25, 0.3) is 0 Å². The van der Waals surface area contributed by atoms with Crippen molar-refractivity contribution in [2.24, 2.45) is 5.92 Å². The van der Waals surface area contributed by atoms with E-state index in [4.69, 9.17) is 0 Å². The van der Waals surface area contributed by atoms with Gasteiger partial charge in [0.1, 0.15) is 0 Å². The number of benzene rings is 1. The zero-order chi connectivity index (χ0) is 16.4. The van der Waals surface area contributed by atoms with Crippen LogP contribution in [0.2, 0.25) is 0 Å². The number of rotatable bonds is 3. The fraction of sp³-hybridized carbons (Fsp3) is 0.588. The first-order chi connectivity index (χ1) is 10.9. The van der Waals surface area contributed by atoms with Crippen LogP contribution < -0.4 is 9.62 Å². The quantitative estimate of drug-likeness (QED) is 0.923. The van der Waals surface area contributed by atoms with Gasteiger partial charge in [0.2, 0.25) is 15.9 Å². The molecule has 0 bridgehead atoms. The number of anilines is 2. The van der Waals surface area contributed by atoms with E-state index in [1.54, 1.807) is 0 Å². The van der Waals surface area contributed by atoms with Crippen LogP contribution in [0.1, 0.15) is 44.1 Å². The fourth-order valence-corrected chi connectivity index (χ4v) is 4.59. The van der Waals surface area contributed by atoms with Gasteiger partial charge in [-0.15, -0.1) is 0 Å². The van der Waals surface area contributed by atoms with Gasteiger partial charge in [-0.3, -0.25) is 9.10 Å². The third kappa shape index (κ3) is 3.68. The summed E-state index contributed by atoms with van der Waals surface area (Å²) in [5, 5.41) is 3.01. The highest BCUT2D eigenvalue weighted by atomic mass is 32.2. The first-order valence-corrected chi connectivity index (χ1v) is 10.2. The van der Waals surface area contributed by atoms with Crippen molar-refractivity contribution in [3.05, 3.63) is 23.8 Å². The molecule has 1 saturated carbocycles. The van der Waals surface area contributed by atoms with E-state index in [-0.39, 0.29) is 11.8 Å². The van der Waals surface area contributed by atoms with Gasteiger partial charge in [-0.2, -0.15) is 0 Å². The number of carbonyl (C=O) groups is 1.